The number of carbonyl (C=O) groups excluding carboxylic acids is 1. The molecule has 0 aromatic carbocycles. The summed E-state index contributed by atoms with van der Waals surface area (Å²) in [5.41, 5.74) is 4.82. The number of aliphatic hydroxyl groups is 2. The van der Waals surface area contributed by atoms with Gasteiger partial charge in [0.15, 0.2) is 0 Å². The molecule has 0 bridgehead atoms. The van der Waals surface area contributed by atoms with E-state index in [1.54, 1.807) is 6.92 Å². The van der Waals surface area contributed by atoms with Crippen molar-refractivity contribution in [1.82, 2.24) is 15.5 Å². The van der Waals surface area contributed by atoms with Crippen LogP contribution < -0.4 is 11.1 Å². The zero-order chi connectivity index (χ0) is 12.2. The Morgan fingerprint density at radius 2 is 2.25 bits per heavy atom. The third kappa shape index (κ3) is 2.31. The number of carbonyl (C=O) groups is 1. The summed E-state index contributed by atoms with van der Waals surface area (Å²) in [5, 5.41) is 26.9. The van der Waals surface area contributed by atoms with Crippen LogP contribution in [-0.2, 0) is 0 Å². The van der Waals surface area contributed by atoms with Gasteiger partial charge in [-0.15, -0.1) is 0 Å². The van der Waals surface area contributed by atoms with Crippen molar-refractivity contribution >= 4 is 11.6 Å². The number of rotatable bonds is 5. The fraction of sp³-hybridized carbons (Fsp3) is 0.556. The highest BCUT2D eigenvalue weighted by molar-refractivity contribution is 5.97. The highest BCUT2D eigenvalue weighted by Gasteiger charge is 2.29. The molecule has 0 saturated carbocycles. The summed E-state index contributed by atoms with van der Waals surface area (Å²) in [6, 6.07) is 0. The molecule has 1 rings (SSSR count). The number of hydrogen-bond acceptors (Lipinski definition) is 5. The van der Waals surface area contributed by atoms with Gasteiger partial charge in [-0.2, -0.15) is 5.10 Å². The molecule has 0 aliphatic heterocycles. The molecule has 1 aromatic heterocycles. The maximum atomic E-state index is 11.7. The Bertz CT molecular complexity index is 351. The lowest BCUT2D eigenvalue weighted by Crippen LogP contribution is -2.54. The molecule has 0 radical (unpaired) electrons. The number of nitrogens with zero attached hydrogens (tertiary/aromatic N) is 1. The van der Waals surface area contributed by atoms with Gasteiger partial charge in [0.05, 0.1) is 30.6 Å². The minimum atomic E-state index is -1.03. The van der Waals surface area contributed by atoms with Crippen LogP contribution in [0.3, 0.4) is 0 Å². The van der Waals surface area contributed by atoms with Crippen molar-refractivity contribution in [1.29, 1.82) is 0 Å². The fourth-order valence-corrected chi connectivity index (χ4v) is 1.22. The Morgan fingerprint density at radius 3 is 2.62 bits per heavy atom. The molecule has 1 amide bonds. The first-order valence-corrected chi connectivity index (χ1v) is 4.91. The van der Waals surface area contributed by atoms with Gasteiger partial charge in [0, 0.05) is 0 Å². The number of amides is 1. The average molecular weight is 228 g/mol. The molecule has 0 atom stereocenters. The lowest BCUT2D eigenvalue weighted by atomic mass is 9.98. The van der Waals surface area contributed by atoms with E-state index in [0.717, 1.165) is 0 Å². The van der Waals surface area contributed by atoms with Crippen molar-refractivity contribution in [3.8, 4) is 0 Å². The number of aromatic amines is 1. The summed E-state index contributed by atoms with van der Waals surface area (Å²) < 4.78 is 0. The Balaban J connectivity index is 2.81. The van der Waals surface area contributed by atoms with Crippen LogP contribution in [0.15, 0.2) is 6.20 Å². The molecule has 0 aliphatic rings. The van der Waals surface area contributed by atoms with Crippen molar-refractivity contribution in [3.05, 3.63) is 11.9 Å². The number of nitrogens with two attached hydrogens (primary N) is 1. The summed E-state index contributed by atoms with van der Waals surface area (Å²) in [6.07, 6.45) is 1.72. The monoisotopic (exact) mass is 228 g/mol. The number of H-pyrrole nitrogens is 1. The van der Waals surface area contributed by atoms with Gasteiger partial charge in [0.25, 0.3) is 5.91 Å². The molecule has 90 valence electrons. The normalized spacial score (nSPS) is 11.4. The Kier molecular flexibility index (Phi) is 3.86. The lowest BCUT2D eigenvalue weighted by molar-refractivity contribution is 0.0649. The van der Waals surface area contributed by atoms with Crippen LogP contribution in [0.2, 0.25) is 0 Å². The number of nitrogen functional groups attached to an aromatic ring is 1. The summed E-state index contributed by atoms with van der Waals surface area (Å²) in [7, 11) is 0. The molecule has 1 heterocycles. The molecular weight excluding hydrogens is 212 g/mol. The Labute approximate surface area is 92.7 Å². The van der Waals surface area contributed by atoms with Crippen LogP contribution in [-0.4, -0.2) is 45.1 Å². The van der Waals surface area contributed by atoms with Crippen molar-refractivity contribution in [2.75, 3.05) is 18.9 Å². The Morgan fingerprint density at radius 1 is 1.62 bits per heavy atom. The van der Waals surface area contributed by atoms with Crippen LogP contribution in [0.1, 0.15) is 23.8 Å². The second-order valence-electron chi connectivity index (χ2n) is 3.60. The molecule has 0 fully saturated rings. The van der Waals surface area contributed by atoms with Crippen molar-refractivity contribution in [2.45, 2.75) is 18.9 Å². The minimum Gasteiger partial charge on any atom is -0.396 e. The van der Waals surface area contributed by atoms with Gasteiger partial charge in [-0.3, -0.25) is 9.89 Å². The van der Waals surface area contributed by atoms with Gasteiger partial charge in [-0.1, -0.05) is 6.92 Å². The van der Waals surface area contributed by atoms with Gasteiger partial charge >= 0.3 is 0 Å². The number of aliphatic hydroxyl groups excluding tert-OH is 2. The van der Waals surface area contributed by atoms with E-state index in [0.29, 0.717) is 6.42 Å². The second-order valence-corrected chi connectivity index (χ2v) is 3.60. The molecule has 0 aliphatic carbocycles. The first kappa shape index (κ1) is 12.5. The maximum Gasteiger partial charge on any atom is 0.272 e. The average Bonchev–Trinajstić information content (AvgIpc) is 2.72. The van der Waals surface area contributed by atoms with Crippen molar-refractivity contribution in [2.24, 2.45) is 0 Å². The van der Waals surface area contributed by atoms with E-state index >= 15 is 0 Å². The van der Waals surface area contributed by atoms with Gasteiger partial charge in [-0.25, -0.2) is 0 Å². The van der Waals surface area contributed by atoms with E-state index in [9.17, 15) is 4.79 Å². The first-order chi connectivity index (χ1) is 7.58. The topological polar surface area (TPSA) is 124 Å². The third-order valence-electron chi connectivity index (χ3n) is 2.56. The summed E-state index contributed by atoms with van der Waals surface area (Å²) in [6.45, 7) is 1.06. The van der Waals surface area contributed by atoms with E-state index in [1.807, 2.05) is 0 Å². The zero-order valence-electron chi connectivity index (χ0n) is 9.03. The number of nitrogens with one attached hydrogen (secondary N) is 2. The van der Waals surface area contributed by atoms with Crippen molar-refractivity contribution in [3.63, 3.8) is 0 Å². The maximum absolute atomic E-state index is 11.7. The molecule has 1 aromatic rings. The lowest BCUT2D eigenvalue weighted by Gasteiger charge is -2.29. The summed E-state index contributed by atoms with van der Waals surface area (Å²) in [5.74, 6) is -0.500. The van der Waals surface area contributed by atoms with Crippen LogP contribution in [0.5, 0.6) is 0 Å². The molecule has 0 saturated heterocycles. The first-order valence-electron chi connectivity index (χ1n) is 4.91. The van der Waals surface area contributed by atoms with Gasteiger partial charge in [0.1, 0.15) is 5.69 Å². The van der Waals surface area contributed by atoms with E-state index < -0.39 is 11.4 Å². The Hall–Kier alpha value is -1.60. The molecule has 0 unspecified atom stereocenters. The predicted octanol–water partition coefficient (Wildman–Crippen LogP) is -1.14. The van der Waals surface area contributed by atoms with Gasteiger partial charge in [0.2, 0.25) is 0 Å². The summed E-state index contributed by atoms with van der Waals surface area (Å²) in [4.78, 5) is 11.7. The summed E-state index contributed by atoms with van der Waals surface area (Å²) >= 11 is 0. The third-order valence-corrected chi connectivity index (χ3v) is 2.56. The highest BCUT2D eigenvalue weighted by Crippen LogP contribution is 2.12. The predicted molar refractivity (Wildman–Crippen MR) is 57.7 cm³/mol. The molecule has 0 spiro atoms. The number of hydrogen-bond donors (Lipinski definition) is 5. The number of aromatic nitrogens is 2. The van der Waals surface area contributed by atoms with E-state index in [4.69, 9.17) is 15.9 Å². The van der Waals surface area contributed by atoms with E-state index in [2.05, 4.69) is 15.5 Å². The van der Waals surface area contributed by atoms with E-state index in [-0.39, 0.29) is 24.6 Å². The number of anilines is 1. The molecule has 6 N–H and O–H groups in total. The van der Waals surface area contributed by atoms with Crippen LogP contribution >= 0.6 is 0 Å². The molecular formula is C9H16N4O3. The van der Waals surface area contributed by atoms with Gasteiger partial charge < -0.3 is 21.3 Å². The van der Waals surface area contributed by atoms with Crippen LogP contribution in [0.4, 0.5) is 5.69 Å². The molecule has 16 heavy (non-hydrogen) atoms. The van der Waals surface area contributed by atoms with E-state index in [1.165, 1.54) is 6.20 Å². The highest BCUT2D eigenvalue weighted by atomic mass is 16.3. The molecule has 7 nitrogen and oxygen atoms in total. The second kappa shape index (κ2) is 4.95. The molecule has 7 heteroatoms. The largest absolute Gasteiger partial charge is 0.396 e. The van der Waals surface area contributed by atoms with Crippen LogP contribution in [0, 0.1) is 0 Å². The smallest absolute Gasteiger partial charge is 0.272 e. The van der Waals surface area contributed by atoms with Gasteiger partial charge in [-0.05, 0) is 6.42 Å². The fourth-order valence-electron chi connectivity index (χ4n) is 1.22. The zero-order valence-corrected chi connectivity index (χ0v) is 9.03. The van der Waals surface area contributed by atoms with Crippen molar-refractivity contribution < 1.29 is 15.0 Å². The standard InChI is InChI=1S/C9H16N4O3/c1-2-9(4-14,5-15)12-8(16)7-6(10)3-11-13-7/h3,14-15H,2,4-5,10H2,1H3,(H,11,13)(H,12,16). The SMILES string of the molecule is CCC(CO)(CO)NC(=O)c1[nH]ncc1N. The minimum absolute atomic E-state index is 0.125. The van der Waals surface area contributed by atoms with Crippen LogP contribution in [0.25, 0.3) is 0 Å². The quantitative estimate of drug-likeness (QED) is 0.435.